The van der Waals surface area contributed by atoms with E-state index in [0.29, 0.717) is 5.89 Å². The quantitative estimate of drug-likeness (QED) is 0.545. The summed E-state index contributed by atoms with van der Waals surface area (Å²) < 4.78 is 4.82. The van der Waals surface area contributed by atoms with Crippen LogP contribution >= 0.6 is 0 Å². The van der Waals surface area contributed by atoms with Crippen LogP contribution in [-0.2, 0) is 6.42 Å². The molecule has 0 fully saturated rings. The second-order valence-corrected chi connectivity index (χ2v) is 1.64. The summed E-state index contributed by atoms with van der Waals surface area (Å²) in [5.41, 5.74) is 0.905. The molecule has 2 heteroatoms. The highest BCUT2D eigenvalue weighted by Gasteiger charge is 1.94. The number of nitrogens with zero attached hydrogens (tertiary/aromatic N) is 1. The Labute approximate surface area is 48.5 Å². The van der Waals surface area contributed by atoms with Gasteiger partial charge >= 0.3 is 0 Å². The van der Waals surface area contributed by atoms with E-state index in [4.69, 9.17) is 4.42 Å². The highest BCUT2D eigenvalue weighted by atomic mass is 16.3. The zero-order valence-electron chi connectivity index (χ0n) is 5.06. The van der Waals surface area contributed by atoms with Crippen molar-refractivity contribution in [2.45, 2.75) is 20.3 Å². The summed E-state index contributed by atoms with van der Waals surface area (Å²) in [7, 11) is 0. The molecule has 0 aromatic carbocycles. The third-order valence-electron chi connectivity index (χ3n) is 0.944. The molecule has 0 saturated carbocycles. The second-order valence-electron chi connectivity index (χ2n) is 1.64. The van der Waals surface area contributed by atoms with Crippen molar-refractivity contribution in [3.63, 3.8) is 0 Å². The fourth-order valence-corrected chi connectivity index (χ4v) is 0.520. The number of rotatable bonds is 1. The van der Waals surface area contributed by atoms with Crippen molar-refractivity contribution in [2.24, 2.45) is 0 Å². The minimum atomic E-state index is 0.696. The van der Waals surface area contributed by atoms with Gasteiger partial charge in [-0.15, -0.1) is 0 Å². The van der Waals surface area contributed by atoms with Crippen molar-refractivity contribution in [3.05, 3.63) is 17.8 Å². The van der Waals surface area contributed by atoms with Gasteiger partial charge in [0.2, 0.25) is 0 Å². The van der Waals surface area contributed by atoms with E-state index >= 15 is 0 Å². The molecule has 0 amide bonds. The Bertz CT molecular complexity index is 169. The fourth-order valence-electron chi connectivity index (χ4n) is 0.520. The Kier molecular flexibility index (Phi) is 1.33. The van der Waals surface area contributed by atoms with Crippen molar-refractivity contribution in [2.75, 3.05) is 0 Å². The van der Waals surface area contributed by atoms with Gasteiger partial charge in [0, 0.05) is 6.92 Å². The number of hydrogen-bond acceptors (Lipinski definition) is 2. The lowest BCUT2D eigenvalue weighted by Gasteiger charge is -1.75. The molecule has 0 aliphatic carbocycles. The zero-order chi connectivity index (χ0) is 5.98. The van der Waals surface area contributed by atoms with Crippen molar-refractivity contribution < 1.29 is 4.42 Å². The molecule has 0 saturated heterocycles. The molecule has 2 nitrogen and oxygen atoms in total. The van der Waals surface area contributed by atoms with E-state index < -0.39 is 0 Å². The van der Waals surface area contributed by atoms with E-state index in [1.165, 1.54) is 0 Å². The maximum atomic E-state index is 4.82. The van der Waals surface area contributed by atoms with Crippen LogP contribution in [0, 0.1) is 13.2 Å². The first kappa shape index (κ1) is 5.35. The smallest absolute Gasteiger partial charge is 0.195 e. The zero-order valence-corrected chi connectivity index (χ0v) is 5.06. The average Bonchev–Trinajstić information content (AvgIpc) is 2.14. The Hall–Kier alpha value is -0.790. The van der Waals surface area contributed by atoms with Gasteiger partial charge in [0.15, 0.2) is 12.2 Å². The third-order valence-corrected chi connectivity index (χ3v) is 0.944. The number of aryl methyl sites for hydroxylation is 2. The lowest BCUT2D eigenvalue weighted by molar-refractivity contribution is 0.513. The predicted octanol–water partition coefficient (Wildman–Crippen LogP) is 1.35. The lowest BCUT2D eigenvalue weighted by atomic mass is 10.4. The van der Waals surface area contributed by atoms with Crippen LogP contribution in [0.1, 0.15) is 18.5 Å². The van der Waals surface area contributed by atoms with E-state index in [1.807, 2.05) is 13.8 Å². The monoisotopic (exact) mass is 110 g/mol. The van der Waals surface area contributed by atoms with Gasteiger partial charge in [-0.3, -0.25) is 0 Å². The van der Waals surface area contributed by atoms with Gasteiger partial charge in [-0.1, -0.05) is 6.92 Å². The first-order valence-corrected chi connectivity index (χ1v) is 2.67. The van der Waals surface area contributed by atoms with Crippen molar-refractivity contribution in [1.29, 1.82) is 0 Å². The predicted molar refractivity (Wildman–Crippen MR) is 29.5 cm³/mol. The molecule has 0 aliphatic rings. The minimum absolute atomic E-state index is 0.696. The molecule has 43 valence electrons. The van der Waals surface area contributed by atoms with E-state index in [2.05, 4.69) is 11.2 Å². The van der Waals surface area contributed by atoms with Gasteiger partial charge in [-0.05, 0) is 6.42 Å². The van der Waals surface area contributed by atoms with E-state index in [9.17, 15) is 0 Å². The van der Waals surface area contributed by atoms with Crippen molar-refractivity contribution in [1.82, 2.24) is 4.98 Å². The molecule has 0 bridgehead atoms. The van der Waals surface area contributed by atoms with Crippen LogP contribution in [0.2, 0.25) is 0 Å². The van der Waals surface area contributed by atoms with Crippen LogP contribution in [-0.4, -0.2) is 4.98 Å². The number of aromatic nitrogens is 1. The van der Waals surface area contributed by atoms with Crippen LogP contribution in [0.4, 0.5) is 0 Å². The van der Waals surface area contributed by atoms with E-state index in [0.717, 1.165) is 12.1 Å². The lowest BCUT2D eigenvalue weighted by Crippen LogP contribution is -1.77. The summed E-state index contributed by atoms with van der Waals surface area (Å²) in [5.74, 6) is 0.696. The number of hydrogen-bond donors (Lipinski definition) is 0. The standard InChI is InChI=1S/C6H8NO/c1-3-6-4-8-5(2)7-6/h3H2,1-2H3. The summed E-state index contributed by atoms with van der Waals surface area (Å²) in [4.78, 5) is 4.01. The maximum Gasteiger partial charge on any atom is 0.195 e. The van der Waals surface area contributed by atoms with Crippen LogP contribution in [0.25, 0.3) is 0 Å². The minimum Gasteiger partial charge on any atom is -0.437 e. The molecule has 1 heterocycles. The van der Waals surface area contributed by atoms with Gasteiger partial charge < -0.3 is 4.42 Å². The Balaban J connectivity index is 2.84. The molecule has 0 atom stereocenters. The molecule has 1 radical (unpaired) electrons. The second kappa shape index (κ2) is 1.99. The van der Waals surface area contributed by atoms with Crippen LogP contribution < -0.4 is 0 Å². The topological polar surface area (TPSA) is 26.0 Å². The Morgan fingerprint density at radius 1 is 1.75 bits per heavy atom. The molecule has 8 heavy (non-hydrogen) atoms. The summed E-state index contributed by atoms with van der Waals surface area (Å²) in [5, 5.41) is 0. The van der Waals surface area contributed by atoms with Gasteiger partial charge in [0.05, 0.1) is 5.69 Å². The summed E-state index contributed by atoms with van der Waals surface area (Å²) in [6.45, 7) is 3.84. The van der Waals surface area contributed by atoms with Gasteiger partial charge in [-0.25, -0.2) is 4.98 Å². The van der Waals surface area contributed by atoms with E-state index in [1.54, 1.807) is 0 Å². The molecule has 1 rings (SSSR count). The Morgan fingerprint density at radius 3 is 2.75 bits per heavy atom. The molecule has 0 N–H and O–H groups in total. The average molecular weight is 110 g/mol. The first-order chi connectivity index (χ1) is 3.83. The molecule has 0 spiro atoms. The molecular formula is C6H8NO. The molecule has 0 aliphatic heterocycles. The highest BCUT2D eigenvalue weighted by molar-refractivity contribution is 4.91. The maximum absolute atomic E-state index is 4.82. The van der Waals surface area contributed by atoms with Gasteiger partial charge in [-0.2, -0.15) is 0 Å². The molecular weight excluding hydrogens is 102 g/mol. The SMILES string of the molecule is CCc1[c]oc(C)n1. The molecule has 1 aromatic heterocycles. The summed E-state index contributed by atoms with van der Waals surface area (Å²) >= 11 is 0. The summed E-state index contributed by atoms with van der Waals surface area (Å²) in [6, 6.07) is 0. The van der Waals surface area contributed by atoms with Gasteiger partial charge in [0.25, 0.3) is 0 Å². The highest BCUT2D eigenvalue weighted by Crippen LogP contribution is 1.97. The Morgan fingerprint density at radius 2 is 2.50 bits per heavy atom. The normalized spacial score (nSPS) is 9.75. The fraction of sp³-hybridized carbons (Fsp3) is 0.500. The van der Waals surface area contributed by atoms with Crippen LogP contribution in [0.3, 0.4) is 0 Å². The van der Waals surface area contributed by atoms with Gasteiger partial charge in [0.1, 0.15) is 0 Å². The van der Waals surface area contributed by atoms with E-state index in [-0.39, 0.29) is 0 Å². The summed E-state index contributed by atoms with van der Waals surface area (Å²) in [6.07, 6.45) is 3.57. The number of oxazole rings is 1. The molecule has 1 aromatic rings. The first-order valence-electron chi connectivity index (χ1n) is 2.67. The largest absolute Gasteiger partial charge is 0.437 e. The van der Waals surface area contributed by atoms with Crippen LogP contribution in [0.5, 0.6) is 0 Å². The van der Waals surface area contributed by atoms with Crippen molar-refractivity contribution in [3.8, 4) is 0 Å². The van der Waals surface area contributed by atoms with Crippen molar-refractivity contribution >= 4 is 0 Å². The third kappa shape index (κ3) is 0.886. The molecule has 0 unspecified atom stereocenters. The van der Waals surface area contributed by atoms with Crippen LogP contribution in [0.15, 0.2) is 4.42 Å².